The molecule has 1 amide bonds. The maximum Gasteiger partial charge on any atom is 0.340 e. The standard InChI is InChI=1S/C23H39N3O2.C22H17FN2O4.C19H24O3.C4H4O.C2H6/c1-24-23(27)20-28-19-21-13-17-26(18-14-21)16-10-5-3-4-9-15-25(2)22-11-7-6-8-12-22;1-9-10-3-2-4-11-13-7-25-17(19(13)24-16(18(10)11)6-15(9)23)5-12-14(21(25)27)8-29-22(28)20(12)26;1-11(20)22-19-9-8-17-16-4-2-12-10-13(21)3-5-14(12)15(16)6-7-18(17)19;1-2-3-4-5;1-2/h6-8,11-12,21H,3-5,9-10,13-20H2,1-2H3,(H,24,27);5-6,20,26H,2-4,7-8H2,1H3;10,16-19H,2-9H2,1H3;4H,1H3;1-2H3/t;;16-,17?,18?,19?;;/m..1../s1. The predicted octanol–water partition coefficient (Wildman–Crippen LogP) is 11.0. The maximum atomic E-state index is 14.5. The van der Waals surface area contributed by atoms with Gasteiger partial charge in [0.05, 0.1) is 35.6 Å². The third-order valence-electron chi connectivity index (χ3n) is 18.8. The van der Waals surface area contributed by atoms with Crippen LogP contribution in [0.3, 0.4) is 0 Å². The Morgan fingerprint density at radius 2 is 1.64 bits per heavy atom. The van der Waals surface area contributed by atoms with Gasteiger partial charge in [-0.25, -0.2) is 14.2 Å². The van der Waals surface area contributed by atoms with E-state index in [4.69, 9.17) is 19.2 Å². The van der Waals surface area contributed by atoms with E-state index in [1.54, 1.807) is 37.1 Å². The molecule has 5 atom stereocenters. The number of allylic oxidation sites excluding steroid dienone is 4. The molecule has 1 saturated heterocycles. The highest BCUT2D eigenvalue weighted by molar-refractivity contribution is 5.93. The largest absolute Gasteiger partial charge is 0.462 e. The van der Waals surface area contributed by atoms with E-state index in [-0.39, 0.29) is 48.1 Å². The predicted molar refractivity (Wildman–Crippen MR) is 333 cm³/mol. The number of piperidine rings is 1. The molecular formula is C70H90FN5O10. The number of ketones is 1. The van der Waals surface area contributed by atoms with Gasteiger partial charge in [0.2, 0.25) is 5.91 Å². The summed E-state index contributed by atoms with van der Waals surface area (Å²) in [6, 6.07) is 13.8. The first-order chi connectivity index (χ1) is 41.7. The highest BCUT2D eigenvalue weighted by Gasteiger charge is 2.47. The normalized spacial score (nSPS) is 21.3. The Kier molecular flexibility index (Phi) is 23.7. The molecule has 0 bridgehead atoms. The molecule has 5 heterocycles. The van der Waals surface area contributed by atoms with E-state index in [0.717, 1.165) is 86.6 Å². The summed E-state index contributed by atoms with van der Waals surface area (Å²) < 4.78 is 32.1. The highest BCUT2D eigenvalue weighted by atomic mass is 19.1. The molecule has 2 aromatic heterocycles. The summed E-state index contributed by atoms with van der Waals surface area (Å²) in [5.74, 6) is 6.24. The van der Waals surface area contributed by atoms with Crippen molar-refractivity contribution in [2.45, 2.75) is 176 Å². The molecule has 2 aromatic carbocycles. The van der Waals surface area contributed by atoms with Gasteiger partial charge >= 0.3 is 11.9 Å². The number of cyclic esters (lactones) is 1. The lowest BCUT2D eigenvalue weighted by Gasteiger charge is -2.42. The summed E-state index contributed by atoms with van der Waals surface area (Å²) in [4.78, 5) is 77.9. The smallest absolute Gasteiger partial charge is 0.340 e. The van der Waals surface area contributed by atoms with Crippen molar-refractivity contribution in [3.05, 3.63) is 115 Å². The number of aryl methyl sites for hydroxylation is 2. The molecular weight excluding hydrogens is 1090 g/mol. The number of esters is 2. The minimum Gasteiger partial charge on any atom is -0.462 e. The van der Waals surface area contributed by atoms with Crippen LogP contribution >= 0.6 is 0 Å². The summed E-state index contributed by atoms with van der Waals surface area (Å²) in [7, 11) is 3.83. The van der Waals surface area contributed by atoms with E-state index in [1.165, 1.54) is 107 Å². The van der Waals surface area contributed by atoms with E-state index < -0.39 is 12.1 Å². The number of aliphatic hydroxyl groups is 1. The average molecular weight is 1180 g/mol. The van der Waals surface area contributed by atoms with Gasteiger partial charge in [0.25, 0.3) is 5.56 Å². The molecule has 15 nitrogen and oxygen atoms in total. The van der Waals surface area contributed by atoms with E-state index >= 15 is 0 Å². The number of halogens is 1. The molecule has 462 valence electrons. The van der Waals surface area contributed by atoms with Crippen LogP contribution < -0.4 is 15.8 Å². The zero-order valence-electron chi connectivity index (χ0n) is 51.8. The first kappa shape index (κ1) is 65.2. The molecule has 0 radical (unpaired) electrons. The molecule has 5 aliphatic carbocycles. The van der Waals surface area contributed by atoms with Crippen molar-refractivity contribution in [3.8, 4) is 23.2 Å². The topological polar surface area (TPSA) is 187 Å². The summed E-state index contributed by atoms with van der Waals surface area (Å²) >= 11 is 0. The second-order valence-electron chi connectivity index (χ2n) is 23.9. The van der Waals surface area contributed by atoms with Crippen LogP contribution in [0.1, 0.15) is 170 Å². The molecule has 86 heavy (non-hydrogen) atoms. The number of amides is 1. The fraction of sp³-hybridized carbons (Fsp3) is 0.557. The van der Waals surface area contributed by atoms with Gasteiger partial charge in [-0.3, -0.25) is 24.0 Å². The lowest BCUT2D eigenvalue weighted by Crippen LogP contribution is -2.36. The van der Waals surface area contributed by atoms with Crippen molar-refractivity contribution in [2.24, 2.45) is 23.7 Å². The zero-order valence-corrected chi connectivity index (χ0v) is 51.8. The van der Waals surface area contributed by atoms with Crippen molar-refractivity contribution >= 4 is 46.5 Å². The van der Waals surface area contributed by atoms with Gasteiger partial charge in [0, 0.05) is 62.3 Å². The number of carbonyl (C=O) groups is 5. The van der Waals surface area contributed by atoms with Crippen molar-refractivity contribution in [3.63, 3.8) is 0 Å². The molecule has 2 N–H and O–H groups in total. The van der Waals surface area contributed by atoms with E-state index in [1.807, 2.05) is 19.9 Å². The number of rotatable bonds is 14. The van der Waals surface area contributed by atoms with Crippen LogP contribution in [-0.2, 0) is 64.2 Å². The second kappa shape index (κ2) is 31.2. The minimum absolute atomic E-state index is 0.0378. The van der Waals surface area contributed by atoms with Gasteiger partial charge in [-0.2, -0.15) is 0 Å². The van der Waals surface area contributed by atoms with Crippen LogP contribution in [0.4, 0.5) is 10.1 Å². The molecule has 12 rings (SSSR count). The number of hydrogen-bond acceptors (Lipinski definition) is 13. The highest BCUT2D eigenvalue weighted by Crippen LogP contribution is 2.55. The first-order valence-corrected chi connectivity index (χ1v) is 31.7. The Hall–Kier alpha value is -6.80. The first-order valence-electron chi connectivity index (χ1n) is 31.7. The number of aromatic nitrogens is 2. The Morgan fingerprint density at radius 1 is 0.895 bits per heavy atom. The lowest BCUT2D eigenvalue weighted by atomic mass is 9.63. The number of nitrogens with one attached hydrogen (secondary N) is 1. The number of pyridine rings is 2. The number of anilines is 1. The second-order valence-corrected chi connectivity index (χ2v) is 23.9. The number of carbonyl (C=O) groups excluding carboxylic acids is 5. The fourth-order valence-electron chi connectivity index (χ4n) is 14.4. The molecule has 4 aromatic rings. The van der Waals surface area contributed by atoms with Gasteiger partial charge in [0.1, 0.15) is 25.1 Å². The van der Waals surface area contributed by atoms with E-state index in [9.17, 15) is 38.3 Å². The number of aliphatic hydroxyl groups excluding tert-OH is 1. The molecule has 2 saturated carbocycles. The summed E-state index contributed by atoms with van der Waals surface area (Å²) in [5, 5.41) is 13.8. The Morgan fingerprint density at radius 3 is 2.36 bits per heavy atom. The number of fused-ring (bicyclic) bond motifs is 9. The van der Waals surface area contributed by atoms with Crippen LogP contribution in [-0.4, -0.2) is 109 Å². The van der Waals surface area contributed by atoms with Crippen LogP contribution in [0, 0.1) is 48.3 Å². The van der Waals surface area contributed by atoms with E-state index in [2.05, 4.69) is 64.3 Å². The van der Waals surface area contributed by atoms with Crippen molar-refractivity contribution < 1.29 is 47.7 Å². The molecule has 3 fully saturated rings. The minimum atomic E-state index is -1.48. The SMILES string of the molecule is CC.CC#CC=O.CC(=O)OC1CCC2C1CCC1=C3CCC(=O)C=C3CC[C@H]12.CNC(=O)COCC1CCN(CCCCCCCN(C)c2ccccc2)CC1.Cc1c(F)cc2nc3c(c4c2c1CCC4)Cn1c-3cc2c(c1=O)COC(=O)C2O. The molecule has 4 unspecified atom stereocenters. The summed E-state index contributed by atoms with van der Waals surface area (Å²) in [5.41, 5.74) is 11.7. The molecule has 0 spiro atoms. The quantitative estimate of drug-likeness (QED) is 0.0463. The van der Waals surface area contributed by atoms with Crippen molar-refractivity contribution in [1.82, 2.24) is 19.8 Å². The number of para-hydroxylation sites is 1. The monoisotopic (exact) mass is 1180 g/mol. The number of nitrogens with zero attached hydrogens (tertiary/aromatic N) is 4. The number of hydrogen-bond donors (Lipinski definition) is 2. The van der Waals surface area contributed by atoms with Gasteiger partial charge in [-0.1, -0.05) is 62.8 Å². The number of unbranched alkanes of at least 4 members (excludes halogenated alkanes) is 4. The number of likely N-dealkylation sites (tertiary alicyclic amines) is 1. The number of benzene rings is 2. The van der Waals surface area contributed by atoms with Crippen LogP contribution in [0.15, 0.2) is 70.1 Å². The van der Waals surface area contributed by atoms with Gasteiger partial charge in [-0.15, -0.1) is 0 Å². The lowest BCUT2D eigenvalue weighted by molar-refractivity contribution is -0.157. The molecule has 3 aliphatic heterocycles. The van der Waals surface area contributed by atoms with Crippen molar-refractivity contribution in [1.29, 1.82) is 0 Å². The van der Waals surface area contributed by atoms with Crippen LogP contribution in [0.5, 0.6) is 0 Å². The number of ether oxygens (including phenoxy) is 3. The Labute approximate surface area is 507 Å². The average Bonchev–Trinajstić information content (AvgIpc) is 1.52. The van der Waals surface area contributed by atoms with Crippen LogP contribution in [0.25, 0.3) is 22.3 Å². The summed E-state index contributed by atoms with van der Waals surface area (Å²) in [6.45, 7) is 14.8. The number of aldehydes is 1. The zero-order chi connectivity index (χ0) is 61.4. The van der Waals surface area contributed by atoms with Gasteiger partial charge < -0.3 is 39.0 Å². The van der Waals surface area contributed by atoms with Crippen molar-refractivity contribution in [2.75, 3.05) is 58.4 Å². The Bertz CT molecular complexity index is 3280. The third kappa shape index (κ3) is 15.5. The molecule has 16 heteroatoms. The fourth-order valence-corrected chi connectivity index (χ4v) is 14.4. The van der Waals surface area contributed by atoms with E-state index in [0.29, 0.717) is 76.7 Å². The maximum absolute atomic E-state index is 14.5. The van der Waals surface area contributed by atoms with Crippen LogP contribution in [0.2, 0.25) is 0 Å². The Balaban J connectivity index is 0.000000160. The third-order valence-corrected chi connectivity index (χ3v) is 18.8. The van der Waals surface area contributed by atoms with Gasteiger partial charge in [-0.05, 0) is 205 Å². The summed E-state index contributed by atoms with van der Waals surface area (Å²) in [6.07, 6.45) is 21.1. The number of likely N-dealkylation sites (N-methyl/N-ethyl adjacent to an activating group) is 1. The van der Waals surface area contributed by atoms with Gasteiger partial charge in [0.15, 0.2) is 18.2 Å². The molecule has 8 aliphatic rings.